The van der Waals surface area contributed by atoms with Gasteiger partial charge in [0.2, 0.25) is 10.0 Å². The summed E-state index contributed by atoms with van der Waals surface area (Å²) in [5, 5.41) is 0. The summed E-state index contributed by atoms with van der Waals surface area (Å²) in [4.78, 5) is 24.0. The number of carbonyl (C=O) groups is 2. The molecule has 0 spiro atoms. The summed E-state index contributed by atoms with van der Waals surface area (Å²) in [5.41, 5.74) is 1.15. The maximum atomic E-state index is 12.4. The highest BCUT2D eigenvalue weighted by Crippen LogP contribution is 2.22. The first-order valence-electron chi connectivity index (χ1n) is 8.82. The van der Waals surface area contributed by atoms with Crippen molar-refractivity contribution in [1.82, 2.24) is 4.72 Å². The van der Waals surface area contributed by atoms with Crippen molar-refractivity contribution >= 4 is 21.8 Å². The molecule has 0 aliphatic heterocycles. The van der Waals surface area contributed by atoms with E-state index in [-0.39, 0.29) is 29.4 Å². The van der Waals surface area contributed by atoms with Gasteiger partial charge >= 0.3 is 5.97 Å². The molecule has 0 aliphatic rings. The van der Waals surface area contributed by atoms with Crippen molar-refractivity contribution < 1.29 is 27.5 Å². The van der Waals surface area contributed by atoms with E-state index in [9.17, 15) is 18.0 Å². The summed E-state index contributed by atoms with van der Waals surface area (Å²) < 4.78 is 37.4. The Morgan fingerprint density at radius 2 is 1.79 bits per heavy atom. The van der Waals surface area contributed by atoms with Gasteiger partial charge in [-0.15, -0.1) is 0 Å². The van der Waals surface area contributed by atoms with E-state index in [4.69, 9.17) is 9.47 Å². The van der Waals surface area contributed by atoms with Crippen molar-refractivity contribution in [1.29, 1.82) is 0 Å². The van der Waals surface area contributed by atoms with E-state index in [2.05, 4.69) is 4.72 Å². The number of esters is 1. The summed E-state index contributed by atoms with van der Waals surface area (Å²) in [6, 6.07) is 10.5. The van der Waals surface area contributed by atoms with E-state index in [1.807, 2.05) is 6.92 Å². The molecule has 0 unspecified atom stereocenters. The average Bonchev–Trinajstić information content (AvgIpc) is 2.67. The van der Waals surface area contributed by atoms with Gasteiger partial charge in [-0.25, -0.2) is 17.9 Å². The largest absolute Gasteiger partial charge is 0.493 e. The van der Waals surface area contributed by atoms with E-state index in [1.165, 1.54) is 31.2 Å². The van der Waals surface area contributed by atoms with Gasteiger partial charge in [-0.1, -0.05) is 13.0 Å². The first kappa shape index (κ1) is 21.6. The monoisotopic (exact) mass is 405 g/mol. The topological polar surface area (TPSA) is 98.8 Å². The van der Waals surface area contributed by atoms with Crippen LogP contribution >= 0.6 is 0 Å². The van der Waals surface area contributed by atoms with Crippen LogP contribution in [-0.2, 0) is 21.4 Å². The van der Waals surface area contributed by atoms with Crippen LogP contribution in [0.15, 0.2) is 47.4 Å². The van der Waals surface area contributed by atoms with Crippen LogP contribution in [0.4, 0.5) is 0 Å². The van der Waals surface area contributed by atoms with Gasteiger partial charge in [0.1, 0.15) is 12.4 Å². The predicted octanol–water partition coefficient (Wildman–Crippen LogP) is 2.94. The third-order valence-electron chi connectivity index (χ3n) is 3.84. The van der Waals surface area contributed by atoms with Crippen LogP contribution < -0.4 is 9.46 Å². The molecule has 0 bridgehead atoms. The number of sulfonamides is 1. The Kier molecular flexibility index (Phi) is 7.31. The number of Topliss-reactive ketones (excluding diaryl/α,β-unsaturated/α-hetero) is 1. The molecule has 2 rings (SSSR count). The lowest BCUT2D eigenvalue weighted by atomic mass is 10.1. The molecule has 0 heterocycles. The van der Waals surface area contributed by atoms with Crippen LogP contribution in [-0.4, -0.2) is 33.3 Å². The molecule has 0 saturated carbocycles. The molecule has 2 aromatic rings. The number of hydrogen-bond acceptors (Lipinski definition) is 6. The number of ether oxygens (including phenoxy) is 2. The van der Waals surface area contributed by atoms with E-state index < -0.39 is 16.0 Å². The number of nitrogens with one attached hydrogen (secondary N) is 1. The van der Waals surface area contributed by atoms with Crippen molar-refractivity contribution in [2.75, 3.05) is 13.2 Å². The highest BCUT2D eigenvalue weighted by atomic mass is 32.2. The summed E-state index contributed by atoms with van der Waals surface area (Å²) >= 11 is 0. The van der Waals surface area contributed by atoms with Crippen LogP contribution in [0, 0.1) is 0 Å². The third kappa shape index (κ3) is 5.40. The lowest BCUT2D eigenvalue weighted by Gasteiger charge is -2.12. The maximum absolute atomic E-state index is 12.4. The van der Waals surface area contributed by atoms with E-state index in [0.717, 1.165) is 0 Å². The van der Waals surface area contributed by atoms with Crippen molar-refractivity contribution in [3.8, 4) is 5.75 Å². The molecular weight excluding hydrogens is 382 g/mol. The molecule has 28 heavy (non-hydrogen) atoms. The highest BCUT2D eigenvalue weighted by molar-refractivity contribution is 7.89. The van der Waals surface area contributed by atoms with E-state index in [0.29, 0.717) is 23.5 Å². The van der Waals surface area contributed by atoms with Crippen molar-refractivity contribution in [3.63, 3.8) is 0 Å². The first-order chi connectivity index (χ1) is 13.3. The second kappa shape index (κ2) is 9.48. The second-order valence-corrected chi connectivity index (χ2v) is 7.68. The number of ketones is 1. The maximum Gasteiger partial charge on any atom is 0.338 e. The Morgan fingerprint density at radius 3 is 2.43 bits per heavy atom. The highest BCUT2D eigenvalue weighted by Gasteiger charge is 2.17. The summed E-state index contributed by atoms with van der Waals surface area (Å²) in [6.07, 6.45) is 0. The zero-order valence-electron chi connectivity index (χ0n) is 16.0. The molecule has 0 radical (unpaired) electrons. The number of rotatable bonds is 9. The first-order valence-corrected chi connectivity index (χ1v) is 10.3. The lowest BCUT2D eigenvalue weighted by Crippen LogP contribution is -2.23. The van der Waals surface area contributed by atoms with Gasteiger partial charge in [0.05, 0.1) is 17.1 Å². The predicted molar refractivity (Wildman–Crippen MR) is 104 cm³/mol. The fourth-order valence-electron chi connectivity index (χ4n) is 2.50. The van der Waals surface area contributed by atoms with Gasteiger partial charge < -0.3 is 9.47 Å². The Morgan fingerprint density at radius 1 is 1.04 bits per heavy atom. The molecular formula is C20H23NO6S. The van der Waals surface area contributed by atoms with Crippen LogP contribution in [0.1, 0.15) is 47.1 Å². The molecule has 1 N–H and O–H groups in total. The Bertz CT molecular complexity index is 968. The SMILES string of the molecule is CCNS(=O)(=O)c1cccc(C(=O)OCc2cc(C(C)=O)ccc2OCC)c1. The van der Waals surface area contributed by atoms with Gasteiger partial charge in [-0.05, 0) is 50.2 Å². The van der Waals surface area contributed by atoms with Crippen molar-refractivity contribution in [2.24, 2.45) is 0 Å². The third-order valence-corrected chi connectivity index (χ3v) is 5.38. The van der Waals surface area contributed by atoms with E-state index in [1.54, 1.807) is 25.1 Å². The average molecular weight is 405 g/mol. The number of carbonyl (C=O) groups excluding carboxylic acids is 2. The zero-order valence-corrected chi connectivity index (χ0v) is 16.8. The van der Waals surface area contributed by atoms with Gasteiger partial charge in [-0.3, -0.25) is 4.79 Å². The quantitative estimate of drug-likeness (QED) is 0.509. The fraction of sp³-hybridized carbons (Fsp3) is 0.300. The lowest BCUT2D eigenvalue weighted by molar-refractivity contribution is 0.0469. The van der Waals surface area contributed by atoms with Crippen LogP contribution in [0.25, 0.3) is 0 Å². The molecule has 8 heteroatoms. The summed E-state index contributed by atoms with van der Waals surface area (Å²) in [7, 11) is -3.68. The Labute approximate surface area is 164 Å². The van der Waals surface area contributed by atoms with Gasteiger partial charge in [0.15, 0.2) is 5.78 Å². The standard InChI is InChI=1S/C20H23NO6S/c1-4-21-28(24,25)18-8-6-7-16(12-18)20(23)27-13-17-11-15(14(3)22)9-10-19(17)26-5-2/h6-12,21H,4-5,13H2,1-3H3. The normalized spacial score (nSPS) is 11.1. The fourth-order valence-corrected chi connectivity index (χ4v) is 3.58. The molecule has 0 saturated heterocycles. The Hall–Kier alpha value is -2.71. The van der Waals surface area contributed by atoms with Crippen LogP contribution in [0.2, 0.25) is 0 Å². The second-order valence-electron chi connectivity index (χ2n) is 5.92. The van der Waals surface area contributed by atoms with Crippen LogP contribution in [0.5, 0.6) is 5.75 Å². The Balaban J connectivity index is 2.20. The number of hydrogen-bond donors (Lipinski definition) is 1. The molecule has 0 atom stereocenters. The minimum atomic E-state index is -3.68. The minimum Gasteiger partial charge on any atom is -0.493 e. The minimum absolute atomic E-state index is 0.0163. The van der Waals surface area contributed by atoms with Gasteiger partial charge in [0.25, 0.3) is 0 Å². The molecule has 0 aliphatic carbocycles. The molecule has 2 aromatic carbocycles. The summed E-state index contributed by atoms with van der Waals surface area (Å²) in [6.45, 7) is 5.49. The van der Waals surface area contributed by atoms with Crippen molar-refractivity contribution in [2.45, 2.75) is 32.3 Å². The molecule has 150 valence electrons. The smallest absolute Gasteiger partial charge is 0.338 e. The van der Waals surface area contributed by atoms with E-state index >= 15 is 0 Å². The zero-order chi connectivity index (χ0) is 20.7. The molecule has 0 aromatic heterocycles. The molecule has 0 amide bonds. The van der Waals surface area contributed by atoms with Gasteiger partial charge in [0, 0.05) is 17.7 Å². The van der Waals surface area contributed by atoms with Crippen molar-refractivity contribution in [3.05, 3.63) is 59.2 Å². The van der Waals surface area contributed by atoms with Gasteiger partial charge in [-0.2, -0.15) is 0 Å². The number of benzene rings is 2. The molecule has 7 nitrogen and oxygen atoms in total. The molecule has 0 fully saturated rings. The van der Waals surface area contributed by atoms with Crippen LogP contribution in [0.3, 0.4) is 0 Å². The summed E-state index contributed by atoms with van der Waals surface area (Å²) in [5.74, 6) is -0.273.